The molecule has 0 spiro atoms. The van der Waals surface area contributed by atoms with Crippen molar-refractivity contribution in [3.8, 4) is 11.1 Å². The van der Waals surface area contributed by atoms with Crippen molar-refractivity contribution < 1.29 is 22.1 Å². The van der Waals surface area contributed by atoms with E-state index in [2.05, 4.69) is 9.72 Å². The quantitative estimate of drug-likeness (QED) is 0.352. The van der Waals surface area contributed by atoms with Crippen molar-refractivity contribution in [1.29, 1.82) is 0 Å². The van der Waals surface area contributed by atoms with E-state index in [1.54, 1.807) is 11.0 Å². The fourth-order valence-electron chi connectivity index (χ4n) is 6.08. The highest BCUT2D eigenvalue weighted by Crippen LogP contribution is 2.42. The van der Waals surface area contributed by atoms with Crippen LogP contribution in [0.3, 0.4) is 0 Å². The Balaban J connectivity index is 1.52. The molecule has 2 aromatic carbocycles. The van der Waals surface area contributed by atoms with Crippen LogP contribution in [0.4, 0.5) is 10.1 Å². The number of nitrogens with zero attached hydrogens (tertiary/aromatic N) is 5. The lowest BCUT2D eigenvalue weighted by atomic mass is 10.0. The maximum Gasteiger partial charge on any atom is 0.227 e. The summed E-state index contributed by atoms with van der Waals surface area (Å²) < 4.78 is 48.0. The highest BCUT2D eigenvalue weighted by atomic mass is 32.2. The summed E-state index contributed by atoms with van der Waals surface area (Å²) >= 11 is 0. The molecule has 2 atom stereocenters. The van der Waals surface area contributed by atoms with Crippen LogP contribution in [0.5, 0.6) is 0 Å². The lowest BCUT2D eigenvalue weighted by molar-refractivity contribution is -0.117. The molecule has 204 valence electrons. The zero-order valence-electron chi connectivity index (χ0n) is 22.3. The summed E-state index contributed by atoms with van der Waals surface area (Å²) in [6, 6.07) is 9.86. The summed E-state index contributed by atoms with van der Waals surface area (Å²) in [5, 5.41) is 4.08. The molecule has 0 radical (unpaired) electrons. The van der Waals surface area contributed by atoms with Crippen molar-refractivity contribution in [1.82, 2.24) is 19.0 Å². The van der Waals surface area contributed by atoms with Crippen molar-refractivity contribution in [3.63, 3.8) is 0 Å². The first-order chi connectivity index (χ1) is 18.5. The van der Waals surface area contributed by atoms with Gasteiger partial charge in [-0.05, 0) is 69.0 Å². The molecule has 0 saturated carbocycles. The van der Waals surface area contributed by atoms with Gasteiger partial charge in [-0.3, -0.25) is 4.79 Å². The molecule has 0 aliphatic carbocycles. The summed E-state index contributed by atoms with van der Waals surface area (Å²) in [7, 11) is -3.35. The third kappa shape index (κ3) is 4.33. The molecule has 9 nitrogen and oxygen atoms in total. The molecule has 2 saturated heterocycles. The molecule has 2 aliphatic heterocycles. The Hall–Kier alpha value is -3.57. The lowest BCUT2D eigenvalue weighted by Gasteiger charge is -2.28. The average molecular weight is 552 g/mol. The molecule has 2 aliphatic rings. The monoisotopic (exact) mass is 551 g/mol. The average Bonchev–Trinajstić information content (AvgIpc) is 3.65. The van der Waals surface area contributed by atoms with Gasteiger partial charge in [0.2, 0.25) is 15.9 Å². The Morgan fingerprint density at radius 1 is 1.08 bits per heavy atom. The van der Waals surface area contributed by atoms with Gasteiger partial charge in [0, 0.05) is 25.1 Å². The predicted molar refractivity (Wildman–Crippen MR) is 145 cm³/mol. The van der Waals surface area contributed by atoms with Crippen LogP contribution in [0.25, 0.3) is 22.2 Å². The van der Waals surface area contributed by atoms with Crippen LogP contribution < -0.4 is 4.90 Å². The third-order valence-corrected chi connectivity index (χ3v) is 9.21. The predicted octanol–water partition coefficient (Wildman–Crippen LogP) is 4.83. The summed E-state index contributed by atoms with van der Waals surface area (Å²) in [6.07, 6.45) is 2.69. The number of anilines is 1. The Labute approximate surface area is 226 Å². The molecule has 6 rings (SSSR count). The van der Waals surface area contributed by atoms with E-state index >= 15 is 0 Å². The molecule has 0 bridgehead atoms. The van der Waals surface area contributed by atoms with E-state index in [1.807, 2.05) is 39.0 Å². The van der Waals surface area contributed by atoms with Crippen LogP contribution in [-0.2, 0) is 14.8 Å². The summed E-state index contributed by atoms with van der Waals surface area (Å²) in [5.74, 6) is 0.884. The first-order valence-corrected chi connectivity index (χ1v) is 14.9. The number of carbonyl (C=O) groups excluding carboxylic acids is 1. The molecular weight excluding hydrogens is 521 g/mol. The fraction of sp³-hybridized carbons (Fsp3) is 0.393. The van der Waals surface area contributed by atoms with Crippen molar-refractivity contribution in [2.45, 2.75) is 52.1 Å². The second kappa shape index (κ2) is 9.27. The SMILES string of the molecule is Cc1ccc(F)cc1N1C(=O)CCC1c1nc2cc(-c3c(C)noc3C)ccc2n1C1CCN(S(C)(=O)=O)C1. The van der Waals surface area contributed by atoms with Gasteiger partial charge in [0.1, 0.15) is 17.4 Å². The number of hydrogen-bond donors (Lipinski definition) is 0. The number of benzene rings is 2. The van der Waals surface area contributed by atoms with Gasteiger partial charge in [-0.1, -0.05) is 17.3 Å². The van der Waals surface area contributed by atoms with Gasteiger partial charge in [-0.15, -0.1) is 0 Å². The van der Waals surface area contributed by atoms with Crippen molar-refractivity contribution in [3.05, 3.63) is 65.1 Å². The van der Waals surface area contributed by atoms with Gasteiger partial charge < -0.3 is 14.0 Å². The number of rotatable bonds is 5. The van der Waals surface area contributed by atoms with Crippen molar-refractivity contribution in [2.24, 2.45) is 0 Å². The molecule has 4 heterocycles. The number of carbonyl (C=O) groups is 1. The highest BCUT2D eigenvalue weighted by Gasteiger charge is 2.40. The van der Waals surface area contributed by atoms with Gasteiger partial charge in [-0.25, -0.2) is 22.1 Å². The molecule has 4 aromatic rings. The maximum absolute atomic E-state index is 14.3. The standard InChI is InChI=1S/C28H30FN5O4S/c1-16-5-7-20(29)14-25(16)34-24(9-10-26(34)35)28-30-22-13-19(27-17(2)31-38-18(27)3)6-8-23(22)33(28)21-11-12-32(15-21)39(4,36)37/h5-8,13-14,21,24H,9-12,15H2,1-4H3. The van der Waals surface area contributed by atoms with Gasteiger partial charge in [-0.2, -0.15) is 0 Å². The minimum absolute atomic E-state index is 0.0899. The van der Waals surface area contributed by atoms with E-state index in [1.165, 1.54) is 22.7 Å². The molecule has 2 aromatic heterocycles. The molecule has 0 N–H and O–H groups in total. The minimum atomic E-state index is -3.35. The molecule has 2 fully saturated rings. The van der Waals surface area contributed by atoms with Crippen LogP contribution in [0.2, 0.25) is 0 Å². The zero-order chi connectivity index (χ0) is 27.6. The van der Waals surface area contributed by atoms with Gasteiger partial charge in [0.05, 0.1) is 40.8 Å². The van der Waals surface area contributed by atoms with E-state index < -0.39 is 21.9 Å². The van der Waals surface area contributed by atoms with E-state index in [9.17, 15) is 17.6 Å². The molecule has 2 unspecified atom stereocenters. The van der Waals surface area contributed by atoms with Gasteiger partial charge >= 0.3 is 0 Å². The summed E-state index contributed by atoms with van der Waals surface area (Å²) in [4.78, 5) is 19.9. The van der Waals surface area contributed by atoms with Gasteiger partial charge in [0.15, 0.2) is 0 Å². The van der Waals surface area contributed by atoms with E-state index in [-0.39, 0.29) is 11.9 Å². The molecule has 1 amide bonds. The Morgan fingerprint density at radius 2 is 1.87 bits per heavy atom. The largest absolute Gasteiger partial charge is 0.361 e. The Bertz CT molecular complexity index is 1710. The summed E-state index contributed by atoms with van der Waals surface area (Å²) in [6.45, 7) is 6.35. The smallest absolute Gasteiger partial charge is 0.227 e. The maximum atomic E-state index is 14.3. The topological polar surface area (TPSA) is 102 Å². The van der Waals surface area contributed by atoms with E-state index in [0.717, 1.165) is 33.4 Å². The van der Waals surface area contributed by atoms with E-state index in [0.29, 0.717) is 49.6 Å². The first kappa shape index (κ1) is 25.7. The van der Waals surface area contributed by atoms with Crippen LogP contribution in [-0.4, -0.2) is 52.7 Å². The number of hydrogen-bond acceptors (Lipinski definition) is 6. The Kier molecular flexibility index (Phi) is 6.11. The zero-order valence-corrected chi connectivity index (χ0v) is 23.1. The Morgan fingerprint density at radius 3 is 2.56 bits per heavy atom. The van der Waals surface area contributed by atoms with Crippen LogP contribution >= 0.6 is 0 Å². The molecule has 39 heavy (non-hydrogen) atoms. The number of imidazole rings is 1. The van der Waals surface area contributed by atoms with Crippen molar-refractivity contribution >= 4 is 32.7 Å². The number of amides is 1. The van der Waals surface area contributed by atoms with Crippen molar-refractivity contribution in [2.75, 3.05) is 24.2 Å². The highest BCUT2D eigenvalue weighted by molar-refractivity contribution is 7.88. The minimum Gasteiger partial charge on any atom is -0.361 e. The second-order valence-corrected chi connectivity index (χ2v) is 12.5. The number of sulfonamides is 1. The van der Waals surface area contributed by atoms with Crippen LogP contribution in [0.15, 0.2) is 40.9 Å². The normalized spacial score (nSPS) is 20.5. The van der Waals surface area contributed by atoms with E-state index in [4.69, 9.17) is 9.51 Å². The number of halogens is 1. The first-order valence-electron chi connectivity index (χ1n) is 13.0. The fourth-order valence-corrected chi connectivity index (χ4v) is 6.96. The number of aryl methyl sites for hydroxylation is 3. The third-order valence-electron chi connectivity index (χ3n) is 7.94. The second-order valence-electron chi connectivity index (χ2n) is 10.6. The molecule has 11 heteroatoms. The number of aromatic nitrogens is 3. The summed E-state index contributed by atoms with van der Waals surface area (Å²) in [5.41, 5.74) is 5.52. The van der Waals surface area contributed by atoms with Gasteiger partial charge in [0.25, 0.3) is 0 Å². The lowest BCUT2D eigenvalue weighted by Crippen LogP contribution is -2.31. The number of fused-ring (bicyclic) bond motifs is 1. The van der Waals surface area contributed by atoms with Crippen LogP contribution in [0, 0.1) is 26.6 Å². The molecular formula is C28H30FN5O4S. The van der Waals surface area contributed by atoms with Crippen LogP contribution in [0.1, 0.15) is 54.2 Å².